The Kier molecular flexibility index (Phi) is 5.32. The molecule has 0 saturated carbocycles. The number of hydrogen-bond donors (Lipinski definition) is 1. The van der Waals surface area contributed by atoms with Gasteiger partial charge in [0, 0.05) is 51.1 Å². The second-order valence-corrected chi connectivity index (χ2v) is 5.17. The standard InChI is InChI=1S/C15H16F3N5O/c1-23(2)13(24)5-7-20-12-8-11(15(16,17)18)21-14(22-12)10-4-3-6-19-9-10/h3-4,6,8-9H,5,7H2,1-2H3,(H,20,21,22). The lowest BCUT2D eigenvalue weighted by Crippen LogP contribution is -2.24. The normalized spacial score (nSPS) is 11.2. The third-order valence-electron chi connectivity index (χ3n) is 3.08. The van der Waals surface area contributed by atoms with Crippen LogP contribution in [0.15, 0.2) is 30.6 Å². The first-order chi connectivity index (χ1) is 11.3. The van der Waals surface area contributed by atoms with Crippen molar-refractivity contribution < 1.29 is 18.0 Å². The summed E-state index contributed by atoms with van der Waals surface area (Å²) in [4.78, 5) is 24.4. The predicted octanol–water partition coefficient (Wildman–Crippen LogP) is 2.45. The smallest absolute Gasteiger partial charge is 0.369 e. The molecule has 0 aliphatic carbocycles. The number of anilines is 1. The molecule has 128 valence electrons. The Hall–Kier alpha value is -2.71. The molecule has 1 N–H and O–H groups in total. The van der Waals surface area contributed by atoms with Gasteiger partial charge in [0.1, 0.15) is 5.82 Å². The first kappa shape index (κ1) is 17.6. The maximum Gasteiger partial charge on any atom is 0.433 e. The molecule has 2 heterocycles. The molecular formula is C15H16F3N5O. The van der Waals surface area contributed by atoms with E-state index in [1.165, 1.54) is 17.3 Å². The van der Waals surface area contributed by atoms with Gasteiger partial charge in [-0.25, -0.2) is 9.97 Å². The van der Waals surface area contributed by atoms with Gasteiger partial charge in [-0.2, -0.15) is 13.2 Å². The first-order valence-electron chi connectivity index (χ1n) is 7.08. The Bertz CT molecular complexity index is 704. The molecule has 0 saturated heterocycles. The molecule has 0 fully saturated rings. The van der Waals surface area contributed by atoms with E-state index in [-0.39, 0.29) is 30.5 Å². The van der Waals surface area contributed by atoms with Crippen LogP contribution < -0.4 is 5.32 Å². The van der Waals surface area contributed by atoms with Gasteiger partial charge < -0.3 is 10.2 Å². The SMILES string of the molecule is CN(C)C(=O)CCNc1cc(C(F)(F)F)nc(-c2cccnc2)n1. The summed E-state index contributed by atoms with van der Waals surface area (Å²) < 4.78 is 39.1. The van der Waals surface area contributed by atoms with Gasteiger partial charge in [-0.1, -0.05) is 0 Å². The van der Waals surface area contributed by atoms with Gasteiger partial charge in [0.25, 0.3) is 0 Å². The monoisotopic (exact) mass is 339 g/mol. The van der Waals surface area contributed by atoms with Crippen LogP contribution in [-0.2, 0) is 11.0 Å². The number of nitrogens with zero attached hydrogens (tertiary/aromatic N) is 4. The number of pyridine rings is 1. The molecule has 0 radical (unpaired) electrons. The highest BCUT2D eigenvalue weighted by molar-refractivity contribution is 5.76. The highest BCUT2D eigenvalue weighted by Crippen LogP contribution is 2.30. The number of rotatable bonds is 5. The van der Waals surface area contributed by atoms with Gasteiger partial charge in [-0.05, 0) is 12.1 Å². The van der Waals surface area contributed by atoms with Crippen LogP contribution in [0.1, 0.15) is 12.1 Å². The summed E-state index contributed by atoms with van der Waals surface area (Å²) in [5.41, 5.74) is -0.686. The number of aromatic nitrogens is 3. The molecule has 0 bridgehead atoms. The molecule has 0 aliphatic rings. The van der Waals surface area contributed by atoms with Crippen LogP contribution in [0.3, 0.4) is 0 Å². The third kappa shape index (κ3) is 4.64. The minimum Gasteiger partial charge on any atom is -0.369 e. The summed E-state index contributed by atoms with van der Waals surface area (Å²) in [6.45, 7) is 0.164. The molecule has 6 nitrogen and oxygen atoms in total. The fraction of sp³-hybridized carbons (Fsp3) is 0.333. The Labute approximate surface area is 136 Å². The van der Waals surface area contributed by atoms with Crippen molar-refractivity contribution >= 4 is 11.7 Å². The maximum atomic E-state index is 13.0. The van der Waals surface area contributed by atoms with E-state index in [0.717, 1.165) is 6.07 Å². The minimum absolute atomic E-state index is 0.00253. The van der Waals surface area contributed by atoms with Gasteiger partial charge >= 0.3 is 6.18 Å². The first-order valence-corrected chi connectivity index (χ1v) is 7.08. The number of hydrogen-bond acceptors (Lipinski definition) is 5. The molecule has 24 heavy (non-hydrogen) atoms. The van der Waals surface area contributed by atoms with E-state index in [1.54, 1.807) is 26.2 Å². The van der Waals surface area contributed by atoms with Crippen molar-refractivity contribution in [2.45, 2.75) is 12.6 Å². The van der Waals surface area contributed by atoms with Crippen molar-refractivity contribution in [3.63, 3.8) is 0 Å². The van der Waals surface area contributed by atoms with Crippen LogP contribution in [0.25, 0.3) is 11.4 Å². The van der Waals surface area contributed by atoms with Gasteiger partial charge in [-0.3, -0.25) is 9.78 Å². The highest BCUT2D eigenvalue weighted by atomic mass is 19.4. The van der Waals surface area contributed by atoms with Crippen molar-refractivity contribution in [2.75, 3.05) is 26.0 Å². The molecule has 0 atom stereocenters. The van der Waals surface area contributed by atoms with E-state index in [1.807, 2.05) is 0 Å². The van der Waals surface area contributed by atoms with Crippen molar-refractivity contribution in [3.8, 4) is 11.4 Å². The molecule has 1 amide bonds. The Morgan fingerprint density at radius 2 is 2.04 bits per heavy atom. The van der Waals surface area contributed by atoms with Crippen LogP contribution in [0.2, 0.25) is 0 Å². The number of halogens is 3. The predicted molar refractivity (Wildman–Crippen MR) is 82.1 cm³/mol. The summed E-state index contributed by atoms with van der Waals surface area (Å²) >= 11 is 0. The summed E-state index contributed by atoms with van der Waals surface area (Å²) in [7, 11) is 3.21. The van der Waals surface area contributed by atoms with Gasteiger partial charge in [-0.15, -0.1) is 0 Å². The van der Waals surface area contributed by atoms with Crippen molar-refractivity contribution in [1.29, 1.82) is 0 Å². The summed E-state index contributed by atoms with van der Waals surface area (Å²) in [6, 6.07) is 3.98. The number of alkyl halides is 3. The summed E-state index contributed by atoms with van der Waals surface area (Å²) in [5, 5.41) is 2.73. The van der Waals surface area contributed by atoms with Crippen LogP contribution in [0.5, 0.6) is 0 Å². The lowest BCUT2D eigenvalue weighted by molar-refractivity contribution is -0.141. The lowest BCUT2D eigenvalue weighted by atomic mass is 10.2. The topological polar surface area (TPSA) is 71.0 Å². The molecule has 2 aromatic rings. The van der Waals surface area contributed by atoms with Crippen LogP contribution in [0, 0.1) is 0 Å². The van der Waals surface area contributed by atoms with E-state index in [9.17, 15) is 18.0 Å². The Balaban J connectivity index is 2.25. The van der Waals surface area contributed by atoms with Crippen molar-refractivity contribution in [3.05, 3.63) is 36.3 Å². The van der Waals surface area contributed by atoms with Crippen molar-refractivity contribution in [1.82, 2.24) is 19.9 Å². The van der Waals surface area contributed by atoms with Crippen molar-refractivity contribution in [2.24, 2.45) is 0 Å². The highest BCUT2D eigenvalue weighted by Gasteiger charge is 2.33. The van der Waals surface area contributed by atoms with Crippen LogP contribution in [-0.4, -0.2) is 46.4 Å². The molecule has 0 aromatic carbocycles. The van der Waals surface area contributed by atoms with E-state index in [2.05, 4.69) is 20.3 Å². The molecule has 9 heteroatoms. The zero-order valence-corrected chi connectivity index (χ0v) is 13.1. The summed E-state index contributed by atoms with van der Waals surface area (Å²) in [6.07, 6.45) is -1.58. The fourth-order valence-electron chi connectivity index (χ4n) is 1.83. The van der Waals surface area contributed by atoms with E-state index >= 15 is 0 Å². The Morgan fingerprint density at radius 1 is 1.29 bits per heavy atom. The quantitative estimate of drug-likeness (QED) is 0.906. The number of amides is 1. The van der Waals surface area contributed by atoms with E-state index in [4.69, 9.17) is 0 Å². The minimum atomic E-state index is -4.60. The van der Waals surface area contributed by atoms with Gasteiger partial charge in [0.2, 0.25) is 5.91 Å². The lowest BCUT2D eigenvalue weighted by Gasteiger charge is -2.13. The number of carbonyl (C=O) groups excluding carboxylic acids is 1. The van der Waals surface area contributed by atoms with Crippen LogP contribution in [0.4, 0.5) is 19.0 Å². The molecule has 0 aliphatic heterocycles. The maximum absolute atomic E-state index is 13.0. The zero-order valence-electron chi connectivity index (χ0n) is 13.1. The zero-order chi connectivity index (χ0) is 17.7. The summed E-state index contributed by atoms with van der Waals surface area (Å²) in [5.74, 6) is -0.220. The second kappa shape index (κ2) is 7.24. The third-order valence-corrected chi connectivity index (χ3v) is 3.08. The largest absolute Gasteiger partial charge is 0.433 e. The second-order valence-electron chi connectivity index (χ2n) is 5.17. The fourth-order valence-corrected chi connectivity index (χ4v) is 1.83. The number of carbonyl (C=O) groups is 1. The molecule has 0 spiro atoms. The van der Waals surface area contributed by atoms with Gasteiger partial charge in [0.05, 0.1) is 0 Å². The van der Waals surface area contributed by atoms with Gasteiger partial charge in [0.15, 0.2) is 11.5 Å². The van der Waals surface area contributed by atoms with Crippen LogP contribution >= 0.6 is 0 Å². The molecular weight excluding hydrogens is 323 g/mol. The molecule has 2 aromatic heterocycles. The molecule has 0 unspecified atom stereocenters. The Morgan fingerprint density at radius 3 is 2.62 bits per heavy atom. The van der Waals surface area contributed by atoms with E-state index in [0.29, 0.717) is 5.56 Å². The average Bonchev–Trinajstić information content (AvgIpc) is 2.54. The van der Waals surface area contributed by atoms with E-state index < -0.39 is 11.9 Å². The molecule has 2 rings (SSSR count). The number of nitrogens with one attached hydrogen (secondary N) is 1. The average molecular weight is 339 g/mol.